The first-order valence-electron chi connectivity index (χ1n) is 8.39. The van der Waals surface area contributed by atoms with Crippen molar-refractivity contribution in [1.29, 1.82) is 0 Å². The smallest absolute Gasteiger partial charge is 0.0234 e. The van der Waals surface area contributed by atoms with Crippen LogP contribution in [0.1, 0.15) is 56.1 Å². The fourth-order valence-electron chi connectivity index (χ4n) is 3.35. The zero-order valence-electron chi connectivity index (χ0n) is 12.8. The van der Waals surface area contributed by atoms with Crippen LogP contribution in [0.3, 0.4) is 0 Å². The van der Waals surface area contributed by atoms with E-state index >= 15 is 0 Å². The Labute approximate surface area is 123 Å². The molecule has 0 radical (unpaired) electrons. The lowest BCUT2D eigenvalue weighted by atomic mass is 10.1. The third-order valence-electron chi connectivity index (χ3n) is 4.62. The summed E-state index contributed by atoms with van der Waals surface area (Å²) in [5.41, 5.74) is 3.02. The summed E-state index contributed by atoms with van der Waals surface area (Å²) in [5.74, 6) is 0.874. The molecule has 0 aromatic heterocycles. The van der Waals surface area contributed by atoms with Crippen LogP contribution in [0.15, 0.2) is 24.3 Å². The number of benzene rings is 1. The van der Waals surface area contributed by atoms with Gasteiger partial charge in [0.1, 0.15) is 0 Å². The van der Waals surface area contributed by atoms with Crippen LogP contribution >= 0.6 is 0 Å². The summed E-state index contributed by atoms with van der Waals surface area (Å²) in [6.07, 6.45) is 6.73. The third kappa shape index (κ3) is 3.83. The second kappa shape index (κ2) is 6.73. The average Bonchev–Trinajstić information content (AvgIpc) is 3.18. The summed E-state index contributed by atoms with van der Waals surface area (Å²) in [5, 5.41) is 3.62. The largest absolute Gasteiger partial charge is 0.313 e. The maximum absolute atomic E-state index is 3.62. The molecule has 0 amide bonds. The molecule has 1 aromatic rings. The van der Waals surface area contributed by atoms with E-state index in [0.717, 1.165) is 12.5 Å². The van der Waals surface area contributed by atoms with Crippen molar-refractivity contribution >= 4 is 0 Å². The summed E-state index contributed by atoms with van der Waals surface area (Å²) in [7, 11) is 0. The van der Waals surface area contributed by atoms with E-state index in [-0.39, 0.29) is 0 Å². The first kappa shape index (κ1) is 14.1. The Bertz CT molecular complexity index is 402. The summed E-state index contributed by atoms with van der Waals surface area (Å²) in [6, 6.07) is 10.1. The van der Waals surface area contributed by atoms with E-state index in [2.05, 4.69) is 41.4 Å². The molecule has 1 aromatic carbocycles. The summed E-state index contributed by atoms with van der Waals surface area (Å²) in [4.78, 5) is 2.62. The minimum atomic E-state index is 0.715. The Morgan fingerprint density at radius 2 is 1.95 bits per heavy atom. The molecule has 1 saturated carbocycles. The van der Waals surface area contributed by atoms with Crippen molar-refractivity contribution in [3.05, 3.63) is 35.4 Å². The lowest BCUT2D eigenvalue weighted by Crippen LogP contribution is -2.37. The second-order valence-corrected chi connectivity index (χ2v) is 6.54. The molecule has 1 N–H and O–H groups in total. The van der Waals surface area contributed by atoms with Gasteiger partial charge in [0, 0.05) is 19.1 Å². The fourth-order valence-corrected chi connectivity index (χ4v) is 3.35. The van der Waals surface area contributed by atoms with Gasteiger partial charge in [0.15, 0.2) is 0 Å². The van der Waals surface area contributed by atoms with Gasteiger partial charge in [-0.15, -0.1) is 0 Å². The van der Waals surface area contributed by atoms with E-state index in [1.54, 1.807) is 5.56 Å². The van der Waals surface area contributed by atoms with Crippen LogP contribution in [0.5, 0.6) is 0 Å². The molecule has 2 nitrogen and oxygen atoms in total. The van der Waals surface area contributed by atoms with Crippen molar-refractivity contribution in [2.75, 3.05) is 19.6 Å². The second-order valence-electron chi connectivity index (χ2n) is 6.54. The molecule has 1 heterocycles. The maximum atomic E-state index is 3.62. The molecule has 1 saturated heterocycles. The summed E-state index contributed by atoms with van der Waals surface area (Å²) >= 11 is 0. The van der Waals surface area contributed by atoms with E-state index in [0.29, 0.717) is 6.04 Å². The van der Waals surface area contributed by atoms with E-state index in [1.807, 2.05) is 0 Å². The fraction of sp³-hybridized carbons (Fsp3) is 0.667. The van der Waals surface area contributed by atoms with E-state index in [4.69, 9.17) is 0 Å². The number of nitrogens with one attached hydrogen (secondary N) is 1. The highest BCUT2D eigenvalue weighted by molar-refractivity contribution is 5.28. The van der Waals surface area contributed by atoms with Crippen LogP contribution in [0.25, 0.3) is 0 Å². The van der Waals surface area contributed by atoms with Crippen molar-refractivity contribution in [2.45, 2.75) is 57.5 Å². The molecule has 1 unspecified atom stereocenters. The van der Waals surface area contributed by atoms with Gasteiger partial charge in [-0.25, -0.2) is 0 Å². The zero-order chi connectivity index (χ0) is 13.8. The predicted molar refractivity (Wildman–Crippen MR) is 85.0 cm³/mol. The van der Waals surface area contributed by atoms with Gasteiger partial charge < -0.3 is 5.32 Å². The van der Waals surface area contributed by atoms with Crippen molar-refractivity contribution in [1.82, 2.24) is 10.2 Å². The Hall–Kier alpha value is -0.860. The Balaban J connectivity index is 1.56. The topological polar surface area (TPSA) is 15.3 Å². The molecule has 2 fully saturated rings. The molecule has 110 valence electrons. The number of nitrogens with zero attached hydrogens (tertiary/aromatic N) is 1. The van der Waals surface area contributed by atoms with E-state index in [9.17, 15) is 0 Å². The third-order valence-corrected chi connectivity index (χ3v) is 4.62. The highest BCUT2D eigenvalue weighted by Gasteiger charge is 2.23. The number of rotatable bonds is 7. The standard InChI is InChI=1S/C18H28N2/c1-2-12-20(14-18-4-3-11-19-18)13-15-5-7-16(8-6-15)17-9-10-17/h5-8,17-19H,2-4,9-14H2,1H3. The quantitative estimate of drug-likeness (QED) is 0.817. The van der Waals surface area contributed by atoms with Crippen LogP contribution in [-0.4, -0.2) is 30.6 Å². The van der Waals surface area contributed by atoms with Crippen LogP contribution in [-0.2, 0) is 6.54 Å². The van der Waals surface area contributed by atoms with Crippen LogP contribution in [0.2, 0.25) is 0 Å². The Morgan fingerprint density at radius 1 is 1.15 bits per heavy atom. The average molecular weight is 272 g/mol. The monoisotopic (exact) mass is 272 g/mol. The predicted octanol–water partition coefficient (Wildman–Crippen LogP) is 3.53. The molecular formula is C18H28N2. The lowest BCUT2D eigenvalue weighted by molar-refractivity contribution is 0.241. The molecule has 1 atom stereocenters. The van der Waals surface area contributed by atoms with Crippen molar-refractivity contribution in [3.8, 4) is 0 Å². The van der Waals surface area contributed by atoms with Crippen molar-refractivity contribution < 1.29 is 0 Å². The molecular weight excluding hydrogens is 244 g/mol. The molecule has 0 bridgehead atoms. The molecule has 20 heavy (non-hydrogen) atoms. The SMILES string of the molecule is CCCN(Cc1ccc(C2CC2)cc1)CC1CCCN1. The molecule has 1 aliphatic heterocycles. The van der Waals surface area contributed by atoms with Crippen LogP contribution in [0.4, 0.5) is 0 Å². The lowest BCUT2D eigenvalue weighted by Gasteiger charge is -2.25. The van der Waals surface area contributed by atoms with Gasteiger partial charge in [-0.2, -0.15) is 0 Å². The van der Waals surface area contributed by atoms with Crippen LogP contribution < -0.4 is 5.32 Å². The van der Waals surface area contributed by atoms with Gasteiger partial charge in [-0.1, -0.05) is 31.2 Å². The summed E-state index contributed by atoms with van der Waals surface area (Å²) < 4.78 is 0. The normalized spacial score (nSPS) is 22.6. The van der Waals surface area contributed by atoms with Gasteiger partial charge in [0.05, 0.1) is 0 Å². The minimum absolute atomic E-state index is 0.715. The highest BCUT2D eigenvalue weighted by atomic mass is 15.1. The van der Waals surface area contributed by atoms with Crippen LogP contribution in [0, 0.1) is 0 Å². The first-order chi connectivity index (χ1) is 9.85. The maximum Gasteiger partial charge on any atom is 0.0234 e. The summed E-state index contributed by atoms with van der Waals surface area (Å²) in [6.45, 7) is 7.02. The van der Waals surface area contributed by atoms with E-state index in [1.165, 1.54) is 57.3 Å². The zero-order valence-corrected chi connectivity index (χ0v) is 12.8. The minimum Gasteiger partial charge on any atom is -0.313 e. The number of hydrogen-bond acceptors (Lipinski definition) is 2. The van der Waals surface area contributed by atoms with Gasteiger partial charge in [0.25, 0.3) is 0 Å². The molecule has 0 spiro atoms. The molecule has 2 heteroatoms. The van der Waals surface area contributed by atoms with Gasteiger partial charge >= 0.3 is 0 Å². The van der Waals surface area contributed by atoms with Gasteiger partial charge in [0.2, 0.25) is 0 Å². The van der Waals surface area contributed by atoms with Crippen molar-refractivity contribution in [3.63, 3.8) is 0 Å². The van der Waals surface area contributed by atoms with Gasteiger partial charge in [-0.05, 0) is 62.2 Å². The molecule has 1 aliphatic carbocycles. The Morgan fingerprint density at radius 3 is 2.55 bits per heavy atom. The van der Waals surface area contributed by atoms with Crippen molar-refractivity contribution in [2.24, 2.45) is 0 Å². The highest BCUT2D eigenvalue weighted by Crippen LogP contribution is 2.39. The first-order valence-corrected chi connectivity index (χ1v) is 8.39. The van der Waals surface area contributed by atoms with Gasteiger partial charge in [-0.3, -0.25) is 4.90 Å². The van der Waals surface area contributed by atoms with E-state index < -0.39 is 0 Å². The molecule has 2 aliphatic rings. The Kier molecular flexibility index (Phi) is 4.74. The number of hydrogen-bond donors (Lipinski definition) is 1. The molecule has 3 rings (SSSR count).